The van der Waals surface area contributed by atoms with E-state index in [-0.39, 0.29) is 0 Å². The SMILES string of the molecule is COCCCNCc1cc(Oc2ccc3c(c2)nc(Nc2ccc(Br)cc2)n3C)ccn1. The minimum absolute atomic E-state index is 0.686. The Morgan fingerprint density at radius 2 is 1.84 bits per heavy atom. The van der Waals surface area contributed by atoms with Crippen molar-refractivity contribution in [2.24, 2.45) is 7.05 Å². The maximum atomic E-state index is 6.09. The molecule has 0 saturated carbocycles. The number of nitrogens with one attached hydrogen (secondary N) is 2. The largest absolute Gasteiger partial charge is 0.457 e. The van der Waals surface area contributed by atoms with E-state index in [9.17, 15) is 0 Å². The van der Waals surface area contributed by atoms with Crippen molar-refractivity contribution in [3.8, 4) is 11.5 Å². The molecule has 2 aromatic carbocycles. The summed E-state index contributed by atoms with van der Waals surface area (Å²) in [5, 5.41) is 6.73. The van der Waals surface area contributed by atoms with Crippen LogP contribution in [0.1, 0.15) is 12.1 Å². The lowest BCUT2D eigenvalue weighted by atomic mass is 10.3. The molecule has 32 heavy (non-hydrogen) atoms. The van der Waals surface area contributed by atoms with E-state index < -0.39 is 0 Å². The van der Waals surface area contributed by atoms with Crippen molar-refractivity contribution in [1.29, 1.82) is 0 Å². The Kier molecular flexibility index (Phi) is 7.36. The highest BCUT2D eigenvalue weighted by atomic mass is 79.9. The number of rotatable bonds is 10. The fourth-order valence-electron chi connectivity index (χ4n) is 3.33. The normalized spacial score (nSPS) is 11.1. The van der Waals surface area contributed by atoms with Crippen LogP contribution in [-0.2, 0) is 18.3 Å². The third kappa shape index (κ3) is 5.64. The highest BCUT2D eigenvalue weighted by Gasteiger charge is 2.10. The second-order valence-electron chi connectivity index (χ2n) is 7.38. The van der Waals surface area contributed by atoms with Gasteiger partial charge < -0.3 is 24.7 Å². The number of methoxy groups -OCH3 is 1. The van der Waals surface area contributed by atoms with E-state index in [1.54, 1.807) is 13.3 Å². The van der Waals surface area contributed by atoms with Crippen molar-refractivity contribution in [3.63, 3.8) is 0 Å². The fraction of sp³-hybridized carbons (Fsp3) is 0.250. The molecule has 8 heteroatoms. The number of aryl methyl sites for hydroxylation is 1. The van der Waals surface area contributed by atoms with Crippen molar-refractivity contribution in [2.45, 2.75) is 13.0 Å². The van der Waals surface area contributed by atoms with Crippen LogP contribution in [0.4, 0.5) is 11.6 Å². The minimum atomic E-state index is 0.686. The van der Waals surface area contributed by atoms with E-state index in [1.807, 2.05) is 66.2 Å². The molecule has 0 aliphatic rings. The monoisotopic (exact) mass is 495 g/mol. The number of anilines is 2. The lowest BCUT2D eigenvalue weighted by Gasteiger charge is -2.08. The second-order valence-corrected chi connectivity index (χ2v) is 8.30. The number of hydrogen-bond acceptors (Lipinski definition) is 6. The Labute approximate surface area is 195 Å². The van der Waals surface area contributed by atoms with Crippen LogP contribution in [0.3, 0.4) is 0 Å². The number of hydrogen-bond donors (Lipinski definition) is 2. The molecule has 4 rings (SSSR count). The van der Waals surface area contributed by atoms with Crippen molar-refractivity contribution < 1.29 is 9.47 Å². The Balaban J connectivity index is 1.45. The standard InChI is InChI=1S/C24H26BrN5O2/c1-30-23-9-8-20(15-22(23)29-24(30)28-18-6-4-17(25)5-7-18)32-21-10-12-27-19(14-21)16-26-11-3-13-31-2/h4-10,12,14-15,26H,3,11,13,16H2,1-2H3,(H,28,29). The molecular formula is C24H26BrN5O2. The van der Waals surface area contributed by atoms with Crippen LogP contribution in [0.5, 0.6) is 11.5 Å². The van der Waals surface area contributed by atoms with E-state index in [0.29, 0.717) is 6.54 Å². The molecule has 0 unspecified atom stereocenters. The lowest BCUT2D eigenvalue weighted by Crippen LogP contribution is -2.16. The van der Waals surface area contributed by atoms with Crippen LogP contribution in [0.25, 0.3) is 11.0 Å². The van der Waals surface area contributed by atoms with Gasteiger partial charge in [0.25, 0.3) is 0 Å². The van der Waals surface area contributed by atoms with Gasteiger partial charge in [0.15, 0.2) is 0 Å². The maximum absolute atomic E-state index is 6.09. The van der Waals surface area contributed by atoms with Gasteiger partial charge in [0, 0.05) is 55.8 Å². The average molecular weight is 496 g/mol. The van der Waals surface area contributed by atoms with E-state index in [4.69, 9.17) is 14.5 Å². The molecule has 0 aliphatic heterocycles. The van der Waals surface area contributed by atoms with Crippen molar-refractivity contribution in [2.75, 3.05) is 25.6 Å². The van der Waals surface area contributed by atoms with Crippen LogP contribution in [0.15, 0.2) is 65.3 Å². The molecule has 166 valence electrons. The molecule has 2 heterocycles. The van der Waals surface area contributed by atoms with Crippen LogP contribution in [0.2, 0.25) is 0 Å². The van der Waals surface area contributed by atoms with Crippen molar-refractivity contribution >= 4 is 38.6 Å². The summed E-state index contributed by atoms with van der Waals surface area (Å²) in [6.45, 7) is 2.32. The quantitative estimate of drug-likeness (QED) is 0.287. The Morgan fingerprint density at radius 1 is 1.03 bits per heavy atom. The Hall–Kier alpha value is -2.94. The predicted octanol–water partition coefficient (Wildman–Crippen LogP) is 5.39. The van der Waals surface area contributed by atoms with E-state index in [0.717, 1.165) is 63.9 Å². The molecule has 0 amide bonds. The highest BCUT2D eigenvalue weighted by molar-refractivity contribution is 9.10. The summed E-state index contributed by atoms with van der Waals surface area (Å²) in [6.07, 6.45) is 2.73. The average Bonchev–Trinajstić information content (AvgIpc) is 3.10. The molecule has 0 bridgehead atoms. The first-order chi connectivity index (χ1) is 15.6. The van der Waals surface area contributed by atoms with Gasteiger partial charge in [-0.1, -0.05) is 15.9 Å². The zero-order valence-corrected chi connectivity index (χ0v) is 19.7. The van der Waals surface area contributed by atoms with Gasteiger partial charge in [-0.05, 0) is 55.4 Å². The summed E-state index contributed by atoms with van der Waals surface area (Å²) in [5.41, 5.74) is 3.79. The Bertz CT molecular complexity index is 1180. The van der Waals surface area contributed by atoms with Crippen LogP contribution >= 0.6 is 15.9 Å². The van der Waals surface area contributed by atoms with Crippen molar-refractivity contribution in [3.05, 3.63) is 71.0 Å². The number of aromatic nitrogens is 3. The van der Waals surface area contributed by atoms with Crippen LogP contribution < -0.4 is 15.4 Å². The summed E-state index contributed by atoms with van der Waals surface area (Å²) in [5.74, 6) is 2.25. The van der Waals surface area contributed by atoms with E-state index >= 15 is 0 Å². The van der Waals surface area contributed by atoms with Crippen molar-refractivity contribution in [1.82, 2.24) is 19.9 Å². The lowest BCUT2D eigenvalue weighted by molar-refractivity contribution is 0.194. The number of benzene rings is 2. The molecule has 0 fully saturated rings. The summed E-state index contributed by atoms with van der Waals surface area (Å²) in [6, 6.07) is 17.7. The van der Waals surface area contributed by atoms with Gasteiger partial charge in [-0.3, -0.25) is 4.98 Å². The summed E-state index contributed by atoms with van der Waals surface area (Å²) < 4.78 is 14.2. The second kappa shape index (κ2) is 10.6. The topological polar surface area (TPSA) is 73.2 Å². The van der Waals surface area contributed by atoms with Gasteiger partial charge in [-0.2, -0.15) is 0 Å². The summed E-state index contributed by atoms with van der Waals surface area (Å²) in [4.78, 5) is 9.15. The molecule has 0 atom stereocenters. The van der Waals surface area contributed by atoms with Crippen LogP contribution in [0, 0.1) is 0 Å². The van der Waals surface area contributed by atoms with E-state index in [1.165, 1.54) is 0 Å². The number of imidazole rings is 1. The first-order valence-electron chi connectivity index (χ1n) is 10.4. The molecule has 0 saturated heterocycles. The third-order valence-corrected chi connectivity index (χ3v) is 5.51. The van der Waals surface area contributed by atoms with Gasteiger partial charge in [0.05, 0.1) is 16.7 Å². The molecular weight excluding hydrogens is 470 g/mol. The molecule has 0 spiro atoms. The summed E-state index contributed by atoms with van der Waals surface area (Å²) in [7, 11) is 3.70. The predicted molar refractivity (Wildman–Crippen MR) is 131 cm³/mol. The zero-order valence-electron chi connectivity index (χ0n) is 18.1. The number of fused-ring (bicyclic) bond motifs is 1. The summed E-state index contributed by atoms with van der Waals surface area (Å²) >= 11 is 3.46. The maximum Gasteiger partial charge on any atom is 0.208 e. The fourth-order valence-corrected chi connectivity index (χ4v) is 3.59. The van der Waals surface area contributed by atoms with Gasteiger partial charge in [-0.25, -0.2) is 4.98 Å². The Morgan fingerprint density at radius 3 is 2.66 bits per heavy atom. The first kappa shape index (κ1) is 22.3. The first-order valence-corrected chi connectivity index (χ1v) is 11.2. The number of pyridine rings is 1. The third-order valence-electron chi connectivity index (χ3n) is 4.98. The van der Waals surface area contributed by atoms with Gasteiger partial charge in [0.2, 0.25) is 5.95 Å². The number of nitrogens with zero attached hydrogens (tertiary/aromatic N) is 3. The van der Waals surface area contributed by atoms with Crippen LogP contribution in [-0.4, -0.2) is 34.8 Å². The number of halogens is 1. The molecule has 0 radical (unpaired) electrons. The van der Waals surface area contributed by atoms with Gasteiger partial charge >= 0.3 is 0 Å². The molecule has 4 aromatic rings. The molecule has 2 N–H and O–H groups in total. The van der Waals surface area contributed by atoms with Gasteiger partial charge in [0.1, 0.15) is 11.5 Å². The molecule has 0 aliphatic carbocycles. The zero-order chi connectivity index (χ0) is 22.3. The van der Waals surface area contributed by atoms with E-state index in [2.05, 4.69) is 31.5 Å². The molecule has 2 aromatic heterocycles. The minimum Gasteiger partial charge on any atom is -0.457 e. The number of ether oxygens (including phenoxy) is 2. The highest BCUT2D eigenvalue weighted by Crippen LogP contribution is 2.28. The smallest absolute Gasteiger partial charge is 0.208 e. The molecule has 7 nitrogen and oxygen atoms in total. The van der Waals surface area contributed by atoms with Gasteiger partial charge in [-0.15, -0.1) is 0 Å².